The van der Waals surface area contributed by atoms with Crippen molar-refractivity contribution in [3.05, 3.63) is 113 Å². The summed E-state index contributed by atoms with van der Waals surface area (Å²) in [7, 11) is 5.03. The Morgan fingerprint density at radius 2 is 1.34 bits per heavy atom. The van der Waals surface area contributed by atoms with E-state index < -0.39 is 98.2 Å². The Morgan fingerprint density at radius 1 is 0.763 bits per heavy atom. The van der Waals surface area contributed by atoms with E-state index >= 15 is 8.78 Å². The SMILES string of the molecule is COc1cc(C2C3=CCC4C(=O)N(c5ccc(N=Nc6ccc(N(C)C)cc6)cc5)C(=O)C4C3CC3(Cl)C(=O)N(c4c(F)c(F)c(F)c(F)c4F)C(=O)C23Cl)ccc1O. The third-order valence-corrected chi connectivity index (χ3v) is 12.9. The van der Waals surface area contributed by atoms with E-state index in [1.54, 1.807) is 30.3 Å². The Bertz CT molecular complexity index is 2530. The van der Waals surface area contributed by atoms with Crippen LogP contribution in [0.1, 0.15) is 24.3 Å². The second-order valence-electron chi connectivity index (χ2n) is 14.8. The summed E-state index contributed by atoms with van der Waals surface area (Å²) in [5.74, 6) is -22.2. The number of fused-ring (bicyclic) bond motifs is 4. The van der Waals surface area contributed by atoms with Crippen LogP contribution in [-0.4, -0.2) is 59.7 Å². The van der Waals surface area contributed by atoms with Crippen molar-refractivity contribution in [1.29, 1.82) is 0 Å². The smallest absolute Gasteiger partial charge is 0.258 e. The maximum Gasteiger partial charge on any atom is 0.258 e. The van der Waals surface area contributed by atoms with Gasteiger partial charge in [-0.2, -0.15) is 10.2 Å². The van der Waals surface area contributed by atoms with Crippen LogP contribution in [0.15, 0.2) is 88.6 Å². The first-order valence-electron chi connectivity index (χ1n) is 18.0. The molecule has 59 heavy (non-hydrogen) atoms. The number of methoxy groups -OCH3 is 1. The molecular weight excluding hydrogens is 824 g/mol. The lowest BCUT2D eigenvalue weighted by Crippen LogP contribution is -2.60. The van der Waals surface area contributed by atoms with Crippen molar-refractivity contribution in [2.75, 3.05) is 35.9 Å². The number of hydrogen-bond acceptors (Lipinski definition) is 9. The highest BCUT2D eigenvalue weighted by molar-refractivity contribution is 6.58. The molecule has 2 saturated heterocycles. The lowest BCUT2D eigenvalue weighted by molar-refractivity contribution is -0.125. The summed E-state index contributed by atoms with van der Waals surface area (Å²) >= 11 is 14.4. The van der Waals surface area contributed by atoms with Gasteiger partial charge >= 0.3 is 0 Å². The normalized spacial score (nSPS) is 26.3. The second kappa shape index (κ2) is 14.2. The van der Waals surface area contributed by atoms with Crippen LogP contribution < -0.4 is 19.4 Å². The zero-order valence-corrected chi connectivity index (χ0v) is 32.5. The molecule has 0 radical (unpaired) electrons. The fraction of sp³-hybridized carbons (Fsp3) is 0.268. The zero-order valence-electron chi connectivity index (χ0n) is 31.0. The number of alkyl halides is 2. The van der Waals surface area contributed by atoms with E-state index in [9.17, 15) is 37.5 Å². The highest BCUT2D eigenvalue weighted by atomic mass is 35.5. The molecule has 3 fully saturated rings. The summed E-state index contributed by atoms with van der Waals surface area (Å²) in [5.41, 5.74) is 0.589. The molecule has 1 N–H and O–H groups in total. The maximum atomic E-state index is 15.3. The molecule has 4 aliphatic rings. The average molecular weight is 855 g/mol. The van der Waals surface area contributed by atoms with Crippen molar-refractivity contribution in [1.82, 2.24) is 0 Å². The number of hydrogen-bond donors (Lipinski definition) is 1. The molecule has 11 nitrogen and oxygen atoms in total. The minimum Gasteiger partial charge on any atom is -0.504 e. The summed E-state index contributed by atoms with van der Waals surface area (Å²) in [6, 6.07) is 17.2. The molecule has 0 aromatic heterocycles. The minimum absolute atomic E-state index is 0.0616. The number of ether oxygens (including phenoxy) is 1. The quantitative estimate of drug-likeness (QED) is 0.0376. The van der Waals surface area contributed by atoms with Gasteiger partial charge in [-0.15, -0.1) is 23.2 Å². The molecular formula is C41H30Cl2F5N5O6. The van der Waals surface area contributed by atoms with Gasteiger partial charge in [-0.05, 0) is 85.0 Å². The van der Waals surface area contributed by atoms with Crippen LogP contribution in [0.3, 0.4) is 0 Å². The van der Waals surface area contributed by atoms with Crippen molar-refractivity contribution < 1.29 is 51.0 Å². The van der Waals surface area contributed by atoms with Crippen molar-refractivity contribution in [3.8, 4) is 11.5 Å². The third-order valence-electron chi connectivity index (χ3n) is 11.5. The van der Waals surface area contributed by atoms with Gasteiger partial charge < -0.3 is 14.7 Å². The number of benzene rings is 4. The van der Waals surface area contributed by atoms with E-state index in [1.807, 2.05) is 31.1 Å². The number of nitrogens with zero attached hydrogens (tertiary/aromatic N) is 5. The van der Waals surface area contributed by atoms with E-state index in [1.165, 1.54) is 37.4 Å². The number of carbonyl (C=O) groups excluding carboxylic acids is 4. The number of phenols is 1. The molecule has 0 bridgehead atoms. The van der Waals surface area contributed by atoms with Crippen LogP contribution in [0.2, 0.25) is 0 Å². The van der Waals surface area contributed by atoms with E-state index in [0.29, 0.717) is 11.4 Å². The minimum atomic E-state index is -2.73. The summed E-state index contributed by atoms with van der Waals surface area (Å²) < 4.78 is 79.1. The number of phenolic OH excluding ortho intramolecular Hbond substituents is 1. The van der Waals surface area contributed by atoms with Gasteiger partial charge in [0.25, 0.3) is 11.8 Å². The first-order valence-corrected chi connectivity index (χ1v) is 18.7. The van der Waals surface area contributed by atoms with E-state index in [0.717, 1.165) is 10.6 Å². The van der Waals surface area contributed by atoms with Gasteiger partial charge in [0.1, 0.15) is 5.69 Å². The molecule has 1 saturated carbocycles. The Kier molecular flexibility index (Phi) is 9.58. The van der Waals surface area contributed by atoms with Crippen LogP contribution in [0, 0.1) is 46.8 Å². The van der Waals surface area contributed by atoms with Gasteiger partial charge in [0.05, 0.1) is 36.0 Å². The van der Waals surface area contributed by atoms with Gasteiger partial charge in [-0.1, -0.05) is 17.7 Å². The average Bonchev–Trinajstić information content (AvgIpc) is 3.56. The molecule has 8 rings (SSSR count). The van der Waals surface area contributed by atoms with Crippen LogP contribution in [0.25, 0.3) is 0 Å². The third kappa shape index (κ3) is 5.74. The highest BCUT2D eigenvalue weighted by Gasteiger charge is 2.77. The van der Waals surface area contributed by atoms with Crippen molar-refractivity contribution in [2.45, 2.75) is 28.5 Å². The molecule has 6 unspecified atom stereocenters. The number of azo groups is 1. The van der Waals surface area contributed by atoms with Gasteiger partial charge in [0.15, 0.2) is 44.5 Å². The predicted octanol–water partition coefficient (Wildman–Crippen LogP) is 8.35. The number of amides is 4. The number of halogens is 7. The first kappa shape index (κ1) is 39.9. The van der Waals surface area contributed by atoms with Crippen molar-refractivity contribution in [2.24, 2.45) is 28.0 Å². The zero-order chi connectivity index (χ0) is 42.5. The number of carbonyl (C=O) groups is 4. The van der Waals surface area contributed by atoms with Crippen molar-refractivity contribution in [3.63, 3.8) is 0 Å². The Labute approximate surface area is 342 Å². The van der Waals surface area contributed by atoms with Crippen LogP contribution in [-0.2, 0) is 19.2 Å². The lowest BCUT2D eigenvalue weighted by Gasteiger charge is -2.50. The van der Waals surface area contributed by atoms with Gasteiger partial charge in [0.2, 0.25) is 17.6 Å². The summed E-state index contributed by atoms with van der Waals surface area (Å²) in [5, 5.41) is 18.9. The molecule has 4 aromatic rings. The molecule has 4 aromatic carbocycles. The largest absolute Gasteiger partial charge is 0.504 e. The fourth-order valence-electron chi connectivity index (χ4n) is 8.67. The molecule has 18 heteroatoms. The van der Waals surface area contributed by atoms with Crippen LogP contribution >= 0.6 is 23.2 Å². The first-order chi connectivity index (χ1) is 28.0. The van der Waals surface area contributed by atoms with Crippen LogP contribution in [0.4, 0.5) is 50.4 Å². The molecule has 2 heterocycles. The maximum absolute atomic E-state index is 15.3. The second-order valence-corrected chi connectivity index (χ2v) is 16.0. The van der Waals surface area contributed by atoms with E-state index in [-0.39, 0.29) is 39.6 Å². The molecule has 4 amide bonds. The Morgan fingerprint density at radius 3 is 1.92 bits per heavy atom. The van der Waals surface area contributed by atoms with Gasteiger partial charge in [-0.3, -0.25) is 24.1 Å². The van der Waals surface area contributed by atoms with E-state index in [4.69, 9.17) is 27.9 Å². The number of rotatable bonds is 7. The summed E-state index contributed by atoms with van der Waals surface area (Å²) in [6.07, 6.45) is 0.835. The van der Waals surface area contributed by atoms with Crippen molar-refractivity contribution >= 4 is 75.3 Å². The van der Waals surface area contributed by atoms with Crippen LogP contribution in [0.5, 0.6) is 11.5 Å². The Hall–Kier alpha value is -5.87. The number of imide groups is 2. The van der Waals surface area contributed by atoms with Gasteiger partial charge in [-0.25, -0.2) is 26.9 Å². The fourth-order valence-corrected chi connectivity index (χ4v) is 9.61. The Balaban J connectivity index is 1.19. The lowest BCUT2D eigenvalue weighted by atomic mass is 9.56. The predicted molar refractivity (Wildman–Crippen MR) is 205 cm³/mol. The van der Waals surface area contributed by atoms with Gasteiger partial charge in [0, 0.05) is 25.7 Å². The molecule has 0 spiro atoms. The number of aromatic hydroxyl groups is 1. The number of anilines is 3. The molecule has 2 aliphatic heterocycles. The van der Waals surface area contributed by atoms with E-state index in [2.05, 4.69) is 10.2 Å². The standard InChI is InChI=1S/C41H30Cl2F5N5O6/c1-51(2)21-9-5-19(6-10-21)49-50-20-7-11-22(12-8-20)52-36(55)24-14-13-23-25(28(24)37(52)56)17-40(42)38(57)53(35-33(47)31(45)30(44)32(46)34(35)48)39(58)41(40,43)29(23)18-4-15-26(54)27(16-18)59-3/h4-13,15-16,24-25,28-29,54H,14,17H2,1-3H3. The topological polar surface area (TPSA) is 132 Å². The molecule has 304 valence electrons. The molecule has 6 atom stereocenters. The highest BCUT2D eigenvalue weighted by Crippen LogP contribution is 2.66. The monoisotopic (exact) mass is 853 g/mol. The summed E-state index contributed by atoms with van der Waals surface area (Å²) in [4.78, 5) is 54.7. The summed E-state index contributed by atoms with van der Waals surface area (Å²) in [6.45, 7) is 0. The molecule has 2 aliphatic carbocycles. The number of allylic oxidation sites excluding steroid dienone is 2.